The Balaban J connectivity index is 1.65. The van der Waals surface area contributed by atoms with E-state index in [4.69, 9.17) is 14.5 Å². The number of esters is 1. The minimum absolute atomic E-state index is 0.00489. The summed E-state index contributed by atoms with van der Waals surface area (Å²) in [5.41, 5.74) is -0.199. The summed E-state index contributed by atoms with van der Waals surface area (Å²) in [6, 6.07) is 3.59. The Morgan fingerprint density at radius 1 is 1.02 bits per heavy atom. The van der Waals surface area contributed by atoms with Gasteiger partial charge in [0.25, 0.3) is 0 Å². The first-order valence-corrected chi connectivity index (χ1v) is 21.8. The number of ether oxygens (including phenoxy) is 2. The van der Waals surface area contributed by atoms with E-state index in [1.54, 1.807) is 42.8 Å². The number of rotatable bonds is 5. The molecular weight excluding hydrogens is 747 g/mol. The van der Waals surface area contributed by atoms with Gasteiger partial charge in [0, 0.05) is 17.7 Å². The number of methoxy groups -OCH3 is 1. The van der Waals surface area contributed by atoms with E-state index in [-0.39, 0.29) is 30.2 Å². The number of nitrogens with zero attached hydrogens (tertiary/aromatic N) is 2. The fourth-order valence-corrected chi connectivity index (χ4v) is 9.00. The first kappa shape index (κ1) is 46.5. The lowest BCUT2D eigenvalue weighted by Crippen LogP contribution is -2.59. The van der Waals surface area contributed by atoms with Crippen molar-refractivity contribution >= 4 is 40.5 Å². The number of amides is 3. The van der Waals surface area contributed by atoms with Crippen LogP contribution < -0.4 is 20.7 Å². The highest BCUT2D eigenvalue weighted by Gasteiger charge is 2.43. The minimum Gasteiger partial charge on any atom is -0.497 e. The molecule has 4 rings (SSSR count). The van der Waals surface area contributed by atoms with Crippen LogP contribution in [-0.4, -0.2) is 112 Å². The van der Waals surface area contributed by atoms with E-state index in [9.17, 15) is 29.4 Å². The van der Waals surface area contributed by atoms with Crippen LogP contribution in [0.4, 0.5) is 0 Å². The Hall–Kier alpha value is -3.20. The molecule has 1 saturated heterocycles. The van der Waals surface area contributed by atoms with Gasteiger partial charge in [-0.25, -0.2) is 4.79 Å². The number of aliphatic hydroxyl groups excluding tert-OH is 2. The zero-order valence-electron chi connectivity index (χ0n) is 35.8. The summed E-state index contributed by atoms with van der Waals surface area (Å²) in [4.78, 5) is 62.4. The van der Waals surface area contributed by atoms with Crippen molar-refractivity contribution in [2.24, 2.45) is 27.7 Å². The number of benzene rings is 1. The van der Waals surface area contributed by atoms with E-state index >= 15 is 0 Å². The number of carbonyl (C=O) groups excluding carboxylic acids is 4. The molecule has 14 heteroatoms. The molecule has 320 valence electrons. The lowest BCUT2D eigenvalue weighted by Gasteiger charge is -2.37. The number of thioether (sulfide) groups is 1. The molecule has 2 bridgehead atoms. The summed E-state index contributed by atoms with van der Waals surface area (Å²) < 4.78 is 11.6. The van der Waals surface area contributed by atoms with Gasteiger partial charge in [0.05, 0.1) is 30.3 Å². The monoisotopic (exact) mass is 815 g/mol. The van der Waals surface area contributed by atoms with Crippen LogP contribution in [0.5, 0.6) is 5.75 Å². The maximum Gasteiger partial charge on any atom is 0.329 e. The van der Waals surface area contributed by atoms with E-state index < -0.39 is 71.2 Å². The zero-order chi connectivity index (χ0) is 42.2. The summed E-state index contributed by atoms with van der Waals surface area (Å²) in [5, 5.41) is 32.5. The molecule has 0 radical (unpaired) electrons. The molecule has 3 aliphatic heterocycles. The minimum atomic E-state index is -1.04. The van der Waals surface area contributed by atoms with E-state index in [1.807, 2.05) is 60.6 Å². The van der Waals surface area contributed by atoms with Crippen molar-refractivity contribution in [2.45, 2.75) is 162 Å². The van der Waals surface area contributed by atoms with E-state index in [0.29, 0.717) is 57.2 Å². The Bertz CT molecular complexity index is 1560. The van der Waals surface area contributed by atoms with Crippen LogP contribution in [-0.2, 0) is 30.3 Å². The molecule has 0 saturated carbocycles. The van der Waals surface area contributed by atoms with E-state index in [0.717, 1.165) is 16.4 Å². The van der Waals surface area contributed by atoms with Crippen molar-refractivity contribution < 1.29 is 38.9 Å². The highest BCUT2D eigenvalue weighted by molar-refractivity contribution is 8.14. The maximum atomic E-state index is 14.3. The summed E-state index contributed by atoms with van der Waals surface area (Å²) >= 11 is 1.62. The first-order chi connectivity index (χ1) is 26.7. The molecular formula is C43H69N5O8S. The zero-order valence-corrected chi connectivity index (χ0v) is 36.6. The summed E-state index contributed by atoms with van der Waals surface area (Å²) in [7, 11) is 1.58. The first-order valence-electron chi connectivity index (χ1n) is 20.8. The average molecular weight is 816 g/mol. The number of nitrogens with one attached hydrogen (secondary N) is 3. The standard InChI is InChI=1S/C43H69N5O8S/c1-11-26(3)36-39(53)48-20-12-13-32(48)40(54)56-34(42(5,6)7)22-25(2)21-33(49)43(8,9)41-45-29(24-57-41)16-19-35(50)46-31(38(52)44-27(4)37(51)47-36)23-28-14-17-30(55-10)18-15-28/h14-15,17-18,25-27,29,31-36,46,49-50H,11-13,16,19-24H2,1-10H3,(H,44,52)(H,47,51)/t25-,26-,27-,29+,31-,32-,33-,34-,35?,36-/m0/s1. The van der Waals surface area contributed by atoms with Gasteiger partial charge in [-0.2, -0.15) is 0 Å². The van der Waals surface area contributed by atoms with Gasteiger partial charge in [0.1, 0.15) is 36.2 Å². The van der Waals surface area contributed by atoms with Gasteiger partial charge in [0.15, 0.2) is 0 Å². The van der Waals surface area contributed by atoms with Crippen molar-refractivity contribution in [1.29, 1.82) is 0 Å². The predicted molar refractivity (Wildman–Crippen MR) is 224 cm³/mol. The predicted octanol–water partition coefficient (Wildman–Crippen LogP) is 4.61. The van der Waals surface area contributed by atoms with Crippen LogP contribution in [0.1, 0.15) is 113 Å². The van der Waals surface area contributed by atoms with Crippen molar-refractivity contribution in [3.05, 3.63) is 29.8 Å². The number of cyclic esters (lactones) is 1. The SMILES string of the molecule is CC[C@H](C)[C@@H]1NC(=O)[C@H](C)NC(=O)[C@H](Cc2ccc(OC)cc2)NC(O)CC[C@@H]2CSC(=N2)C(C)(C)[C@@H](O)C[C@H](C)C[C@@H](C(C)(C)C)OC(=O)[C@@H]2CCCN2C1=O. The number of hydrogen-bond acceptors (Lipinski definition) is 11. The lowest BCUT2D eigenvalue weighted by molar-refractivity contribution is -0.164. The van der Waals surface area contributed by atoms with E-state index in [2.05, 4.69) is 22.9 Å². The van der Waals surface area contributed by atoms with Gasteiger partial charge in [-0.1, -0.05) is 73.9 Å². The molecule has 3 aliphatic rings. The van der Waals surface area contributed by atoms with Crippen LogP contribution in [0.15, 0.2) is 29.3 Å². The molecule has 5 N–H and O–H groups in total. The summed E-state index contributed by atoms with van der Waals surface area (Å²) in [6.07, 6.45) is 1.57. The number of aliphatic imine (C=N–C) groups is 1. The molecule has 10 atom stereocenters. The molecule has 1 aromatic carbocycles. The second-order valence-electron chi connectivity index (χ2n) is 18.2. The molecule has 1 unspecified atom stereocenters. The molecule has 0 aromatic heterocycles. The molecule has 0 spiro atoms. The normalized spacial score (nSPS) is 32.2. The summed E-state index contributed by atoms with van der Waals surface area (Å²) in [5.74, 6) is -0.709. The third-order valence-corrected chi connectivity index (χ3v) is 13.4. The molecule has 3 heterocycles. The van der Waals surface area contributed by atoms with Gasteiger partial charge in [-0.05, 0) is 86.8 Å². The molecule has 57 heavy (non-hydrogen) atoms. The van der Waals surface area contributed by atoms with Crippen LogP contribution in [0.25, 0.3) is 0 Å². The highest BCUT2D eigenvalue weighted by atomic mass is 32.2. The van der Waals surface area contributed by atoms with Gasteiger partial charge >= 0.3 is 5.97 Å². The fraction of sp³-hybridized carbons (Fsp3) is 0.744. The Morgan fingerprint density at radius 3 is 2.33 bits per heavy atom. The third kappa shape index (κ3) is 12.4. The topological polar surface area (TPSA) is 179 Å². The van der Waals surface area contributed by atoms with Gasteiger partial charge in [-0.15, -0.1) is 11.8 Å². The average Bonchev–Trinajstić information content (AvgIpc) is 3.86. The smallest absolute Gasteiger partial charge is 0.329 e. The fourth-order valence-electron chi connectivity index (χ4n) is 7.68. The van der Waals surface area contributed by atoms with Crippen LogP contribution >= 0.6 is 11.8 Å². The number of hydrogen-bond donors (Lipinski definition) is 5. The highest BCUT2D eigenvalue weighted by Crippen LogP contribution is 2.39. The Kier molecular flexibility index (Phi) is 16.5. The van der Waals surface area contributed by atoms with Gasteiger partial charge in [-0.3, -0.25) is 24.7 Å². The Labute approximate surface area is 344 Å². The molecule has 0 aliphatic carbocycles. The molecule has 1 aromatic rings. The number of fused-ring (bicyclic) bond motifs is 2. The van der Waals surface area contributed by atoms with Crippen molar-refractivity contribution in [3.8, 4) is 5.75 Å². The van der Waals surface area contributed by atoms with E-state index in [1.165, 1.54) is 0 Å². The van der Waals surface area contributed by atoms with Crippen molar-refractivity contribution in [3.63, 3.8) is 0 Å². The summed E-state index contributed by atoms with van der Waals surface area (Å²) in [6.45, 7) is 17.9. The van der Waals surface area contributed by atoms with Crippen LogP contribution in [0.2, 0.25) is 0 Å². The molecule has 13 nitrogen and oxygen atoms in total. The second kappa shape index (κ2) is 20.2. The van der Waals surface area contributed by atoms with Gasteiger partial charge < -0.3 is 35.2 Å². The van der Waals surface area contributed by atoms with Crippen LogP contribution in [0.3, 0.4) is 0 Å². The number of aliphatic hydroxyl groups is 2. The quantitative estimate of drug-likeness (QED) is 0.264. The third-order valence-electron chi connectivity index (χ3n) is 12.0. The lowest BCUT2D eigenvalue weighted by atomic mass is 9.78. The second-order valence-corrected chi connectivity index (χ2v) is 19.2. The largest absolute Gasteiger partial charge is 0.497 e. The van der Waals surface area contributed by atoms with Crippen molar-refractivity contribution in [2.75, 3.05) is 19.4 Å². The molecule has 1 fully saturated rings. The van der Waals surface area contributed by atoms with Gasteiger partial charge in [0.2, 0.25) is 17.7 Å². The molecule has 3 amide bonds. The Morgan fingerprint density at radius 2 is 1.70 bits per heavy atom. The maximum absolute atomic E-state index is 14.3. The van der Waals surface area contributed by atoms with Crippen molar-refractivity contribution in [1.82, 2.24) is 20.9 Å². The number of carbonyl (C=O) groups is 4. The van der Waals surface area contributed by atoms with Crippen LogP contribution in [0, 0.1) is 22.7 Å².